The Kier molecular flexibility index (Phi) is 6.57. The molecule has 0 spiro atoms. The first kappa shape index (κ1) is 14.4. The van der Waals surface area contributed by atoms with Gasteiger partial charge < -0.3 is 22.6 Å². The molecule has 0 radical (unpaired) electrons. The van der Waals surface area contributed by atoms with Crippen LogP contribution in [0.25, 0.3) is 0 Å². The van der Waals surface area contributed by atoms with Crippen LogP contribution in [0.1, 0.15) is 12.0 Å². The lowest BCUT2D eigenvalue weighted by molar-refractivity contribution is -0.903. The van der Waals surface area contributed by atoms with Crippen molar-refractivity contribution in [3.8, 4) is 0 Å². The molecule has 0 atom stereocenters. The summed E-state index contributed by atoms with van der Waals surface area (Å²) >= 11 is 0. The molecule has 2 nitrogen and oxygen atoms in total. The monoisotopic (exact) mass is 228 g/mol. The molecule has 0 aliphatic carbocycles. The van der Waals surface area contributed by atoms with Crippen LogP contribution in [-0.2, 0) is 6.54 Å². The summed E-state index contributed by atoms with van der Waals surface area (Å²) in [7, 11) is 4.51. The van der Waals surface area contributed by atoms with Gasteiger partial charge in [0.15, 0.2) is 0 Å². The van der Waals surface area contributed by atoms with Crippen LogP contribution in [0.3, 0.4) is 0 Å². The number of nitrogens with zero attached hydrogens (tertiary/aromatic N) is 1. The van der Waals surface area contributed by atoms with Crippen molar-refractivity contribution in [1.29, 1.82) is 0 Å². The zero-order valence-corrected chi connectivity index (χ0v) is 10.4. The number of rotatable bonds is 5. The van der Waals surface area contributed by atoms with Gasteiger partial charge in [0.05, 0.1) is 20.6 Å². The highest BCUT2D eigenvalue weighted by atomic mass is 35.5. The van der Waals surface area contributed by atoms with Gasteiger partial charge in [0.25, 0.3) is 0 Å². The van der Waals surface area contributed by atoms with Crippen molar-refractivity contribution in [1.82, 2.24) is 0 Å². The molecule has 1 aromatic rings. The lowest BCUT2D eigenvalue weighted by Gasteiger charge is -2.29. The number of hydrogen-bond donors (Lipinski definition) is 1. The van der Waals surface area contributed by atoms with Crippen LogP contribution in [0.5, 0.6) is 0 Å². The van der Waals surface area contributed by atoms with Crippen LogP contribution in [0, 0.1) is 0 Å². The van der Waals surface area contributed by atoms with Crippen LogP contribution in [0.2, 0.25) is 0 Å². The molecule has 15 heavy (non-hydrogen) atoms. The Morgan fingerprint density at radius 1 is 1.13 bits per heavy atom. The molecule has 0 aromatic heterocycles. The minimum absolute atomic E-state index is 0. The number of nitrogens with two attached hydrogens (primary N) is 1. The van der Waals surface area contributed by atoms with Crippen molar-refractivity contribution in [2.75, 3.05) is 27.2 Å². The maximum Gasteiger partial charge on any atom is 0.104 e. The van der Waals surface area contributed by atoms with Crippen LogP contribution in [0.4, 0.5) is 0 Å². The van der Waals surface area contributed by atoms with Gasteiger partial charge in [0.2, 0.25) is 0 Å². The standard InChI is InChI=1S/C12H21N2.ClH/c1-14(2,10-6-9-13)11-12-7-4-3-5-8-12;/h3-5,7-8H,6,9-11,13H2,1-2H3;1H/q+1;/p-1. The van der Waals surface area contributed by atoms with Gasteiger partial charge in [-0.05, 0) is 6.54 Å². The summed E-state index contributed by atoms with van der Waals surface area (Å²) in [6.07, 6.45) is 1.10. The van der Waals surface area contributed by atoms with E-state index in [1.54, 1.807) is 0 Å². The van der Waals surface area contributed by atoms with E-state index in [-0.39, 0.29) is 12.4 Å². The Morgan fingerprint density at radius 2 is 1.73 bits per heavy atom. The fourth-order valence-corrected chi connectivity index (χ4v) is 1.68. The van der Waals surface area contributed by atoms with Crippen molar-refractivity contribution >= 4 is 0 Å². The van der Waals surface area contributed by atoms with E-state index in [1.807, 2.05) is 0 Å². The zero-order valence-electron chi connectivity index (χ0n) is 9.62. The summed E-state index contributed by atoms with van der Waals surface area (Å²) in [5.74, 6) is 0. The minimum Gasteiger partial charge on any atom is -1.00 e. The topological polar surface area (TPSA) is 26.0 Å². The van der Waals surface area contributed by atoms with Crippen LogP contribution in [-0.4, -0.2) is 31.7 Å². The van der Waals surface area contributed by atoms with Gasteiger partial charge in [0.1, 0.15) is 6.54 Å². The first-order valence-electron chi connectivity index (χ1n) is 5.20. The molecule has 3 heteroatoms. The zero-order chi connectivity index (χ0) is 10.4. The molecular formula is C12H21ClN2. The average molecular weight is 229 g/mol. The maximum absolute atomic E-state index is 5.52. The molecule has 0 unspecified atom stereocenters. The molecule has 0 saturated heterocycles. The predicted molar refractivity (Wildman–Crippen MR) is 60.8 cm³/mol. The number of halogens is 1. The van der Waals surface area contributed by atoms with Gasteiger partial charge in [0, 0.05) is 12.0 Å². The van der Waals surface area contributed by atoms with Crippen molar-refractivity contribution in [2.24, 2.45) is 5.73 Å². The Bertz CT molecular complexity index is 260. The molecule has 1 aromatic carbocycles. The van der Waals surface area contributed by atoms with Crippen molar-refractivity contribution in [3.05, 3.63) is 35.9 Å². The van der Waals surface area contributed by atoms with Crippen LogP contribution >= 0.6 is 0 Å². The van der Waals surface area contributed by atoms with E-state index < -0.39 is 0 Å². The van der Waals surface area contributed by atoms with Crippen LogP contribution in [0.15, 0.2) is 30.3 Å². The molecule has 2 N–H and O–H groups in total. The van der Waals surface area contributed by atoms with Gasteiger partial charge in [-0.3, -0.25) is 0 Å². The van der Waals surface area contributed by atoms with Crippen LogP contribution < -0.4 is 18.1 Å². The maximum atomic E-state index is 5.52. The van der Waals surface area contributed by atoms with E-state index in [2.05, 4.69) is 44.4 Å². The Hall–Kier alpha value is -0.570. The summed E-state index contributed by atoms with van der Waals surface area (Å²) in [5.41, 5.74) is 6.92. The Balaban J connectivity index is 0.00000196. The first-order valence-corrected chi connectivity index (χ1v) is 5.20. The van der Waals surface area contributed by atoms with Crippen molar-refractivity contribution in [3.63, 3.8) is 0 Å². The average Bonchev–Trinajstić information content (AvgIpc) is 2.16. The molecule has 86 valence electrons. The second-order valence-corrected chi connectivity index (χ2v) is 4.45. The Morgan fingerprint density at radius 3 is 2.27 bits per heavy atom. The van der Waals surface area contributed by atoms with E-state index in [9.17, 15) is 0 Å². The molecule has 0 heterocycles. The van der Waals surface area contributed by atoms with Crippen molar-refractivity contribution in [2.45, 2.75) is 13.0 Å². The molecule has 0 bridgehead atoms. The van der Waals surface area contributed by atoms with E-state index in [0.717, 1.165) is 30.5 Å². The summed E-state index contributed by atoms with van der Waals surface area (Å²) in [6.45, 7) is 3.02. The highest BCUT2D eigenvalue weighted by Gasteiger charge is 2.14. The third-order valence-electron chi connectivity index (χ3n) is 2.42. The quantitative estimate of drug-likeness (QED) is 0.618. The van der Waals surface area contributed by atoms with Gasteiger partial charge in [-0.25, -0.2) is 0 Å². The van der Waals surface area contributed by atoms with Crippen molar-refractivity contribution < 1.29 is 16.9 Å². The fourth-order valence-electron chi connectivity index (χ4n) is 1.68. The third kappa shape index (κ3) is 5.78. The molecule has 0 aliphatic heterocycles. The minimum atomic E-state index is 0. The van der Waals surface area contributed by atoms with E-state index in [4.69, 9.17) is 5.73 Å². The highest BCUT2D eigenvalue weighted by molar-refractivity contribution is 5.13. The van der Waals surface area contributed by atoms with Gasteiger partial charge >= 0.3 is 0 Å². The van der Waals surface area contributed by atoms with Gasteiger partial charge in [-0.1, -0.05) is 30.3 Å². The van der Waals surface area contributed by atoms with Gasteiger partial charge in [-0.2, -0.15) is 0 Å². The van der Waals surface area contributed by atoms with E-state index in [0.29, 0.717) is 0 Å². The predicted octanol–water partition coefficient (Wildman–Crippen LogP) is -1.38. The molecule has 0 aliphatic rings. The second-order valence-electron chi connectivity index (χ2n) is 4.45. The Labute approximate surface area is 99.1 Å². The first-order chi connectivity index (χ1) is 6.64. The van der Waals surface area contributed by atoms with E-state index >= 15 is 0 Å². The summed E-state index contributed by atoms with van der Waals surface area (Å²) in [4.78, 5) is 0. The second kappa shape index (κ2) is 6.83. The lowest BCUT2D eigenvalue weighted by Crippen LogP contribution is -3.00. The summed E-state index contributed by atoms with van der Waals surface area (Å²) < 4.78 is 1.02. The summed E-state index contributed by atoms with van der Waals surface area (Å²) in [5, 5.41) is 0. The summed E-state index contributed by atoms with van der Waals surface area (Å²) in [6, 6.07) is 10.6. The molecule has 0 saturated carbocycles. The number of hydrogen-bond acceptors (Lipinski definition) is 1. The molecule has 1 rings (SSSR count). The number of quaternary nitrogens is 1. The molecule has 0 fully saturated rings. The van der Waals surface area contributed by atoms with Gasteiger partial charge in [-0.15, -0.1) is 0 Å². The number of benzene rings is 1. The largest absolute Gasteiger partial charge is 1.00 e. The normalized spacial score (nSPS) is 10.9. The molecular weight excluding hydrogens is 208 g/mol. The smallest absolute Gasteiger partial charge is 0.104 e. The van der Waals surface area contributed by atoms with E-state index in [1.165, 1.54) is 5.56 Å². The molecule has 0 amide bonds. The lowest BCUT2D eigenvalue weighted by atomic mass is 10.2. The highest BCUT2D eigenvalue weighted by Crippen LogP contribution is 2.09. The fraction of sp³-hybridized carbons (Fsp3) is 0.500. The SMILES string of the molecule is C[N+](C)(CCCN)Cc1ccccc1.[Cl-]. The third-order valence-corrected chi connectivity index (χ3v) is 2.42.